The molecule has 1 N–H and O–H groups in total. The van der Waals surface area contributed by atoms with E-state index in [1.165, 1.54) is 38.5 Å². The van der Waals surface area contributed by atoms with Crippen LogP contribution in [0.15, 0.2) is 46.6 Å². The van der Waals surface area contributed by atoms with E-state index in [1.807, 2.05) is 31.2 Å². The van der Waals surface area contributed by atoms with Crippen molar-refractivity contribution in [3.05, 3.63) is 47.7 Å². The molecule has 2 aliphatic rings. The number of fused-ring (bicyclic) bond motifs is 1. The number of furan rings is 1. The Balaban J connectivity index is 1.28. The van der Waals surface area contributed by atoms with Crippen LogP contribution in [0.5, 0.6) is 0 Å². The van der Waals surface area contributed by atoms with Crippen molar-refractivity contribution in [2.75, 3.05) is 19.6 Å². The summed E-state index contributed by atoms with van der Waals surface area (Å²) in [6.07, 6.45) is 14.3. The normalized spacial score (nSPS) is 22.4. The van der Waals surface area contributed by atoms with Crippen molar-refractivity contribution < 1.29 is 9.21 Å². The van der Waals surface area contributed by atoms with E-state index >= 15 is 0 Å². The van der Waals surface area contributed by atoms with E-state index in [0.717, 1.165) is 49.0 Å². The molecule has 4 rings (SSSR count). The fourth-order valence-electron chi connectivity index (χ4n) is 4.79. The average Bonchev–Trinajstić information content (AvgIpc) is 3.19. The zero-order chi connectivity index (χ0) is 20.1. The van der Waals surface area contributed by atoms with E-state index < -0.39 is 0 Å². The van der Waals surface area contributed by atoms with Crippen LogP contribution in [0.2, 0.25) is 0 Å². The lowest BCUT2D eigenvalue weighted by Crippen LogP contribution is -2.46. The third-order valence-corrected chi connectivity index (χ3v) is 6.64. The van der Waals surface area contributed by atoms with Gasteiger partial charge in [-0.3, -0.25) is 9.69 Å². The lowest BCUT2D eigenvalue weighted by atomic mass is 9.95. The molecule has 156 valence electrons. The number of nitrogens with zero attached hydrogens (tertiary/aromatic N) is 1. The first-order valence-electron chi connectivity index (χ1n) is 11.4. The van der Waals surface area contributed by atoms with E-state index in [4.69, 9.17) is 4.42 Å². The molecule has 2 aromatic rings. The van der Waals surface area contributed by atoms with Crippen LogP contribution in [-0.4, -0.2) is 36.5 Å². The van der Waals surface area contributed by atoms with Crippen molar-refractivity contribution in [1.82, 2.24) is 10.2 Å². The SMILES string of the molecule is CC(C(=O)NC1CCN(C/C2=C/CCCCCC2)CC1)c1cccc2occc12. The van der Waals surface area contributed by atoms with Gasteiger partial charge in [0.25, 0.3) is 0 Å². The summed E-state index contributed by atoms with van der Waals surface area (Å²) in [5.74, 6) is -0.0470. The highest BCUT2D eigenvalue weighted by atomic mass is 16.3. The Morgan fingerprint density at radius 3 is 2.86 bits per heavy atom. The smallest absolute Gasteiger partial charge is 0.227 e. The molecular weight excluding hydrogens is 360 g/mol. The van der Waals surface area contributed by atoms with Crippen LogP contribution in [0, 0.1) is 0 Å². The molecule has 0 spiro atoms. The molecule has 1 unspecified atom stereocenters. The maximum atomic E-state index is 12.9. The first-order chi connectivity index (χ1) is 14.2. The molecule has 4 nitrogen and oxygen atoms in total. The Kier molecular flexibility index (Phi) is 6.70. The van der Waals surface area contributed by atoms with Gasteiger partial charge in [0.05, 0.1) is 12.2 Å². The monoisotopic (exact) mass is 394 g/mol. The number of carbonyl (C=O) groups excluding carboxylic acids is 1. The van der Waals surface area contributed by atoms with Gasteiger partial charge in [0.2, 0.25) is 5.91 Å². The minimum Gasteiger partial charge on any atom is -0.464 e. The Bertz CT molecular complexity index is 845. The fourth-order valence-corrected chi connectivity index (χ4v) is 4.79. The van der Waals surface area contributed by atoms with Crippen molar-refractivity contribution in [2.24, 2.45) is 0 Å². The zero-order valence-corrected chi connectivity index (χ0v) is 17.7. The lowest BCUT2D eigenvalue weighted by Gasteiger charge is -2.33. The molecule has 29 heavy (non-hydrogen) atoms. The Morgan fingerprint density at radius 1 is 1.17 bits per heavy atom. The largest absolute Gasteiger partial charge is 0.464 e. The Labute approximate surface area is 174 Å². The Morgan fingerprint density at radius 2 is 2.00 bits per heavy atom. The molecule has 4 heteroatoms. The number of rotatable bonds is 5. The highest BCUT2D eigenvalue weighted by molar-refractivity contribution is 5.90. The summed E-state index contributed by atoms with van der Waals surface area (Å²) in [6.45, 7) is 5.27. The van der Waals surface area contributed by atoms with Gasteiger partial charge in [0, 0.05) is 31.1 Å². The van der Waals surface area contributed by atoms with Crippen LogP contribution in [0.4, 0.5) is 0 Å². The second-order valence-electron chi connectivity index (χ2n) is 8.78. The summed E-state index contributed by atoms with van der Waals surface area (Å²) < 4.78 is 5.49. The quantitative estimate of drug-likeness (QED) is 0.691. The van der Waals surface area contributed by atoms with Crippen molar-refractivity contribution in [1.29, 1.82) is 0 Å². The topological polar surface area (TPSA) is 45.5 Å². The molecule has 1 saturated heterocycles. The number of nitrogens with one attached hydrogen (secondary N) is 1. The maximum absolute atomic E-state index is 12.9. The number of hydrogen-bond donors (Lipinski definition) is 1. The first kappa shape index (κ1) is 20.2. The Hall–Kier alpha value is -2.07. The van der Waals surface area contributed by atoms with Gasteiger partial charge in [0.15, 0.2) is 0 Å². The van der Waals surface area contributed by atoms with Crippen LogP contribution >= 0.6 is 0 Å². The molecule has 1 aliphatic heterocycles. The third kappa shape index (κ3) is 5.11. The van der Waals surface area contributed by atoms with Gasteiger partial charge in [-0.05, 0) is 63.1 Å². The van der Waals surface area contributed by atoms with Gasteiger partial charge in [0.1, 0.15) is 5.58 Å². The van der Waals surface area contributed by atoms with Gasteiger partial charge in [-0.15, -0.1) is 0 Å². The number of carbonyl (C=O) groups is 1. The second kappa shape index (κ2) is 9.62. The van der Waals surface area contributed by atoms with Crippen molar-refractivity contribution >= 4 is 16.9 Å². The molecule has 0 saturated carbocycles. The van der Waals surface area contributed by atoms with E-state index in [9.17, 15) is 4.79 Å². The van der Waals surface area contributed by atoms with Crippen molar-refractivity contribution in [2.45, 2.75) is 70.3 Å². The summed E-state index contributed by atoms with van der Waals surface area (Å²) in [5.41, 5.74) is 3.52. The van der Waals surface area contributed by atoms with Gasteiger partial charge in [-0.2, -0.15) is 0 Å². The number of benzene rings is 1. The number of hydrogen-bond acceptors (Lipinski definition) is 3. The maximum Gasteiger partial charge on any atom is 0.227 e. The van der Waals surface area contributed by atoms with Crippen LogP contribution in [0.25, 0.3) is 11.0 Å². The standard InChI is InChI=1S/C25H34N2O2/c1-19(22-10-7-11-24-23(22)14-17-29-24)25(28)26-21-12-15-27(16-13-21)18-20-8-5-3-2-4-6-9-20/h7-8,10-11,14,17,19,21H,2-6,9,12-13,15-16,18H2,1H3,(H,26,28)/b20-8+. The van der Waals surface area contributed by atoms with Gasteiger partial charge >= 0.3 is 0 Å². The summed E-state index contributed by atoms with van der Waals surface area (Å²) in [7, 11) is 0. The minimum absolute atomic E-state index is 0.125. The third-order valence-electron chi connectivity index (χ3n) is 6.64. The van der Waals surface area contributed by atoms with Gasteiger partial charge in [-0.1, -0.05) is 36.6 Å². The summed E-state index contributed by atoms with van der Waals surface area (Å²) in [4.78, 5) is 15.5. The molecular formula is C25H34N2O2. The second-order valence-corrected chi connectivity index (χ2v) is 8.78. The molecule has 1 atom stereocenters. The molecule has 1 fully saturated rings. The van der Waals surface area contributed by atoms with Crippen molar-refractivity contribution in [3.63, 3.8) is 0 Å². The highest BCUT2D eigenvalue weighted by Crippen LogP contribution is 2.27. The van der Waals surface area contributed by atoms with Crippen LogP contribution in [0.1, 0.15) is 69.8 Å². The summed E-state index contributed by atoms with van der Waals surface area (Å²) in [5, 5.41) is 4.34. The molecule has 0 bridgehead atoms. The van der Waals surface area contributed by atoms with Gasteiger partial charge in [-0.25, -0.2) is 0 Å². The van der Waals surface area contributed by atoms with E-state index in [-0.39, 0.29) is 17.9 Å². The number of likely N-dealkylation sites (tertiary alicyclic amines) is 1. The number of allylic oxidation sites excluding steroid dienone is 1. The summed E-state index contributed by atoms with van der Waals surface area (Å²) >= 11 is 0. The predicted octanol–water partition coefficient (Wildman–Crippen LogP) is 5.40. The molecule has 0 radical (unpaired) electrons. The van der Waals surface area contributed by atoms with E-state index in [1.54, 1.807) is 11.8 Å². The zero-order valence-electron chi connectivity index (χ0n) is 17.7. The van der Waals surface area contributed by atoms with Gasteiger partial charge < -0.3 is 9.73 Å². The lowest BCUT2D eigenvalue weighted by molar-refractivity contribution is -0.123. The molecule has 2 heterocycles. The predicted molar refractivity (Wildman–Crippen MR) is 118 cm³/mol. The minimum atomic E-state index is -0.172. The molecule has 1 aromatic heterocycles. The number of amides is 1. The highest BCUT2D eigenvalue weighted by Gasteiger charge is 2.25. The number of piperidine rings is 1. The van der Waals surface area contributed by atoms with Crippen LogP contribution in [-0.2, 0) is 4.79 Å². The van der Waals surface area contributed by atoms with E-state index in [2.05, 4.69) is 16.3 Å². The first-order valence-corrected chi connectivity index (χ1v) is 11.4. The molecule has 1 amide bonds. The van der Waals surface area contributed by atoms with E-state index in [0.29, 0.717) is 0 Å². The fraction of sp³-hybridized carbons (Fsp3) is 0.560. The van der Waals surface area contributed by atoms with Crippen molar-refractivity contribution in [3.8, 4) is 0 Å². The van der Waals surface area contributed by atoms with Crippen LogP contribution in [0.3, 0.4) is 0 Å². The molecule has 1 aliphatic carbocycles. The summed E-state index contributed by atoms with van der Waals surface area (Å²) in [6, 6.07) is 8.19. The van der Waals surface area contributed by atoms with Crippen LogP contribution < -0.4 is 5.32 Å². The molecule has 1 aromatic carbocycles. The average molecular weight is 395 g/mol.